The lowest BCUT2D eigenvalue weighted by atomic mass is 9.75. The van der Waals surface area contributed by atoms with Gasteiger partial charge in [-0.15, -0.1) is 0 Å². The molecule has 2 atom stereocenters. The quantitative estimate of drug-likeness (QED) is 0.844. The molecular weight excluding hydrogens is 230 g/mol. The van der Waals surface area contributed by atoms with Crippen molar-refractivity contribution in [3.05, 3.63) is 35.4 Å². The van der Waals surface area contributed by atoms with Crippen molar-refractivity contribution in [1.82, 2.24) is 5.32 Å². The summed E-state index contributed by atoms with van der Waals surface area (Å²) in [6, 6.07) is 9.42. The van der Waals surface area contributed by atoms with Gasteiger partial charge in [0, 0.05) is 0 Å². The third kappa shape index (κ3) is 3.60. The van der Waals surface area contributed by atoms with E-state index in [1.54, 1.807) is 5.56 Å². The molecule has 1 fully saturated rings. The Balaban J connectivity index is 2.15. The van der Waals surface area contributed by atoms with Crippen molar-refractivity contribution in [2.75, 3.05) is 13.6 Å². The number of nitrogens with one attached hydrogen (secondary N) is 1. The predicted octanol–water partition coefficient (Wildman–Crippen LogP) is 4.48. The van der Waals surface area contributed by atoms with Crippen molar-refractivity contribution >= 4 is 0 Å². The van der Waals surface area contributed by atoms with Crippen LogP contribution in [-0.2, 0) is 5.41 Å². The molecule has 1 aliphatic rings. The van der Waals surface area contributed by atoms with Crippen LogP contribution >= 0.6 is 0 Å². The highest BCUT2D eigenvalue weighted by atomic mass is 14.8. The van der Waals surface area contributed by atoms with Gasteiger partial charge in [-0.25, -0.2) is 0 Å². The number of hydrogen-bond donors (Lipinski definition) is 1. The summed E-state index contributed by atoms with van der Waals surface area (Å²) in [5, 5.41) is 3.37. The fraction of sp³-hybridized carbons (Fsp3) is 0.667. The minimum Gasteiger partial charge on any atom is -0.319 e. The lowest BCUT2D eigenvalue weighted by Crippen LogP contribution is -2.27. The molecule has 0 saturated heterocycles. The minimum absolute atomic E-state index is 0.259. The average molecular weight is 259 g/mol. The number of benzene rings is 1. The normalized spacial score (nSPS) is 24.4. The number of rotatable bonds is 3. The molecule has 0 aromatic heterocycles. The zero-order valence-corrected chi connectivity index (χ0v) is 13.0. The van der Waals surface area contributed by atoms with E-state index < -0.39 is 0 Å². The fourth-order valence-corrected chi connectivity index (χ4v) is 3.38. The molecule has 2 unspecified atom stereocenters. The Morgan fingerprint density at radius 3 is 2.26 bits per heavy atom. The smallest absolute Gasteiger partial charge is 0.00177 e. The Bertz CT molecular complexity index is 383. The largest absolute Gasteiger partial charge is 0.319 e. The van der Waals surface area contributed by atoms with Crippen molar-refractivity contribution in [3.63, 3.8) is 0 Å². The molecule has 0 spiro atoms. The second kappa shape index (κ2) is 6.09. The van der Waals surface area contributed by atoms with Crippen molar-refractivity contribution in [2.45, 2.75) is 57.8 Å². The van der Waals surface area contributed by atoms with E-state index in [1.807, 2.05) is 0 Å². The van der Waals surface area contributed by atoms with Gasteiger partial charge in [0.25, 0.3) is 0 Å². The van der Waals surface area contributed by atoms with Crippen molar-refractivity contribution < 1.29 is 0 Å². The molecule has 1 saturated carbocycles. The molecular formula is C18H29N. The summed E-state index contributed by atoms with van der Waals surface area (Å²) in [5.74, 6) is 1.58. The SMILES string of the molecule is CNCC1CCCCC1c1ccc(C(C)(C)C)cc1. The fourth-order valence-electron chi connectivity index (χ4n) is 3.38. The highest BCUT2D eigenvalue weighted by Gasteiger charge is 2.26. The second-order valence-electron chi connectivity index (χ2n) is 7.08. The Morgan fingerprint density at radius 2 is 1.68 bits per heavy atom. The van der Waals surface area contributed by atoms with E-state index in [9.17, 15) is 0 Å². The molecule has 106 valence electrons. The van der Waals surface area contributed by atoms with Crippen LogP contribution in [-0.4, -0.2) is 13.6 Å². The topological polar surface area (TPSA) is 12.0 Å². The molecule has 1 aromatic rings. The summed E-state index contributed by atoms with van der Waals surface area (Å²) in [6.07, 6.45) is 5.54. The van der Waals surface area contributed by atoms with Gasteiger partial charge in [0.2, 0.25) is 0 Å². The number of hydrogen-bond acceptors (Lipinski definition) is 1. The zero-order chi connectivity index (χ0) is 13.9. The van der Waals surface area contributed by atoms with Crippen LogP contribution in [0.2, 0.25) is 0 Å². The van der Waals surface area contributed by atoms with E-state index in [0.29, 0.717) is 0 Å². The summed E-state index contributed by atoms with van der Waals surface area (Å²) in [6.45, 7) is 8.01. The second-order valence-corrected chi connectivity index (χ2v) is 7.08. The first-order valence-electron chi connectivity index (χ1n) is 7.77. The third-order valence-corrected chi connectivity index (χ3v) is 4.58. The van der Waals surface area contributed by atoms with Crippen LogP contribution in [0.25, 0.3) is 0 Å². The van der Waals surface area contributed by atoms with Crippen LogP contribution in [0.3, 0.4) is 0 Å². The van der Waals surface area contributed by atoms with Crippen molar-refractivity contribution in [3.8, 4) is 0 Å². The molecule has 0 bridgehead atoms. The maximum atomic E-state index is 3.37. The zero-order valence-electron chi connectivity index (χ0n) is 13.0. The third-order valence-electron chi connectivity index (χ3n) is 4.58. The van der Waals surface area contributed by atoms with Crippen molar-refractivity contribution in [2.24, 2.45) is 5.92 Å². The first kappa shape index (κ1) is 14.6. The predicted molar refractivity (Wildman–Crippen MR) is 83.8 cm³/mol. The van der Waals surface area contributed by atoms with Crippen LogP contribution in [0.4, 0.5) is 0 Å². The van der Waals surface area contributed by atoms with Gasteiger partial charge in [-0.2, -0.15) is 0 Å². The van der Waals surface area contributed by atoms with Crippen LogP contribution in [0.5, 0.6) is 0 Å². The molecule has 1 heteroatoms. The lowest BCUT2D eigenvalue weighted by Gasteiger charge is -2.32. The Labute approximate surface area is 118 Å². The molecule has 0 amide bonds. The Hall–Kier alpha value is -0.820. The average Bonchev–Trinajstić information content (AvgIpc) is 2.39. The van der Waals surface area contributed by atoms with Crippen LogP contribution in [0, 0.1) is 5.92 Å². The van der Waals surface area contributed by atoms with Crippen LogP contribution in [0.1, 0.15) is 63.5 Å². The maximum Gasteiger partial charge on any atom is -0.00177 e. The van der Waals surface area contributed by atoms with Crippen LogP contribution in [0.15, 0.2) is 24.3 Å². The molecule has 1 N–H and O–H groups in total. The summed E-state index contributed by atoms with van der Waals surface area (Å²) in [5.41, 5.74) is 3.25. The van der Waals surface area contributed by atoms with Gasteiger partial charge in [-0.3, -0.25) is 0 Å². The van der Waals surface area contributed by atoms with Gasteiger partial charge < -0.3 is 5.32 Å². The summed E-state index contributed by atoms with van der Waals surface area (Å²) in [4.78, 5) is 0. The van der Waals surface area contributed by atoms with E-state index in [0.717, 1.165) is 18.4 Å². The highest BCUT2D eigenvalue weighted by Crippen LogP contribution is 2.38. The van der Waals surface area contributed by atoms with Gasteiger partial charge in [-0.1, -0.05) is 57.9 Å². The van der Waals surface area contributed by atoms with E-state index >= 15 is 0 Å². The Kier molecular flexibility index (Phi) is 4.67. The highest BCUT2D eigenvalue weighted by molar-refractivity contribution is 5.30. The lowest BCUT2D eigenvalue weighted by molar-refractivity contribution is 0.301. The summed E-state index contributed by atoms with van der Waals surface area (Å²) >= 11 is 0. The molecule has 1 aromatic carbocycles. The molecule has 1 aliphatic carbocycles. The van der Waals surface area contributed by atoms with Gasteiger partial charge in [0.1, 0.15) is 0 Å². The van der Waals surface area contributed by atoms with Gasteiger partial charge in [0.15, 0.2) is 0 Å². The Morgan fingerprint density at radius 1 is 1.05 bits per heavy atom. The van der Waals surface area contributed by atoms with Crippen molar-refractivity contribution in [1.29, 1.82) is 0 Å². The van der Waals surface area contributed by atoms with Gasteiger partial charge in [-0.05, 0) is 54.8 Å². The van der Waals surface area contributed by atoms with E-state index in [1.165, 1.54) is 31.2 Å². The first-order chi connectivity index (χ1) is 9.02. The van der Waals surface area contributed by atoms with E-state index in [4.69, 9.17) is 0 Å². The summed E-state index contributed by atoms with van der Waals surface area (Å²) in [7, 11) is 2.08. The first-order valence-corrected chi connectivity index (χ1v) is 7.77. The minimum atomic E-state index is 0.259. The summed E-state index contributed by atoms with van der Waals surface area (Å²) < 4.78 is 0. The molecule has 2 rings (SSSR count). The molecule has 19 heavy (non-hydrogen) atoms. The molecule has 0 radical (unpaired) electrons. The van der Waals surface area contributed by atoms with E-state index in [2.05, 4.69) is 57.4 Å². The van der Waals surface area contributed by atoms with Crippen LogP contribution < -0.4 is 5.32 Å². The van der Waals surface area contributed by atoms with E-state index in [-0.39, 0.29) is 5.41 Å². The maximum absolute atomic E-state index is 3.37. The molecule has 0 heterocycles. The standard InChI is InChI=1S/C18H29N/c1-18(2,3)16-11-9-14(10-12-16)17-8-6-5-7-15(17)13-19-4/h9-12,15,17,19H,5-8,13H2,1-4H3. The molecule has 0 aliphatic heterocycles. The van der Waals surface area contributed by atoms with Gasteiger partial charge >= 0.3 is 0 Å². The van der Waals surface area contributed by atoms with Gasteiger partial charge in [0.05, 0.1) is 0 Å². The molecule has 1 nitrogen and oxygen atoms in total. The monoisotopic (exact) mass is 259 g/mol.